The molecule has 2 aromatic rings. The van der Waals surface area contributed by atoms with Crippen LogP contribution in [0.3, 0.4) is 0 Å². The zero-order valence-electron chi connectivity index (χ0n) is 19.4. The van der Waals surface area contributed by atoms with Gasteiger partial charge in [0, 0.05) is 12.0 Å². The van der Waals surface area contributed by atoms with E-state index in [0.717, 1.165) is 11.0 Å². The number of hydrogen-bond acceptors (Lipinski definition) is 2. The number of alkyl halides is 10. The van der Waals surface area contributed by atoms with Crippen LogP contribution in [0, 0.1) is 0 Å². The lowest BCUT2D eigenvalue weighted by Gasteiger charge is -2.41. The molecule has 3 atom stereocenters. The molecule has 13 heteroatoms. The minimum atomic E-state index is -5.24. The fourth-order valence-electron chi connectivity index (χ4n) is 4.41. The second kappa shape index (κ2) is 10.1. The van der Waals surface area contributed by atoms with Crippen LogP contribution in [0.5, 0.6) is 0 Å². The van der Waals surface area contributed by atoms with Crippen molar-refractivity contribution in [2.75, 3.05) is 11.5 Å². The number of carbonyl (C=O) groups excluding carboxylic acids is 1. The van der Waals surface area contributed by atoms with Crippen molar-refractivity contribution in [3.63, 3.8) is 0 Å². The Kier molecular flexibility index (Phi) is 7.76. The first kappa shape index (κ1) is 28.6. The van der Waals surface area contributed by atoms with Crippen LogP contribution >= 0.6 is 0 Å². The van der Waals surface area contributed by atoms with Gasteiger partial charge in [-0.3, -0.25) is 4.90 Å². The molecule has 2 aromatic carbocycles. The highest BCUT2D eigenvalue weighted by molar-refractivity contribution is 5.90. The topological polar surface area (TPSA) is 29.5 Å². The Balaban J connectivity index is 2.22. The molecule has 204 valence electrons. The van der Waals surface area contributed by atoms with Crippen molar-refractivity contribution in [1.29, 1.82) is 0 Å². The Bertz CT molecular complexity index is 1110. The third-order valence-electron chi connectivity index (χ3n) is 6.12. The van der Waals surface area contributed by atoms with Crippen molar-refractivity contribution in [3.8, 4) is 0 Å². The van der Waals surface area contributed by atoms with E-state index in [2.05, 4.69) is 0 Å². The van der Waals surface area contributed by atoms with E-state index in [9.17, 15) is 44.3 Å². The van der Waals surface area contributed by atoms with Crippen LogP contribution in [0.15, 0.2) is 36.4 Å². The number of nitrogens with zero attached hydrogens (tertiary/aromatic N) is 1. The van der Waals surface area contributed by atoms with Gasteiger partial charge < -0.3 is 4.74 Å². The predicted octanol–water partition coefficient (Wildman–Crippen LogP) is 8.68. The number of benzene rings is 2. The molecule has 37 heavy (non-hydrogen) atoms. The van der Waals surface area contributed by atoms with E-state index in [-0.39, 0.29) is 48.9 Å². The monoisotopic (exact) mass is 545 g/mol. The van der Waals surface area contributed by atoms with Crippen LogP contribution in [0.2, 0.25) is 0 Å². The molecular formula is C24H21F10NO2. The van der Waals surface area contributed by atoms with Gasteiger partial charge in [-0.15, -0.1) is 0 Å². The van der Waals surface area contributed by atoms with Crippen LogP contribution in [0.25, 0.3) is 0 Å². The summed E-state index contributed by atoms with van der Waals surface area (Å²) in [5.74, 6) is -1.59. The molecule has 0 saturated heterocycles. The molecule has 1 amide bonds. The van der Waals surface area contributed by atoms with E-state index in [1.54, 1.807) is 6.92 Å². The van der Waals surface area contributed by atoms with E-state index in [1.807, 2.05) is 0 Å². The lowest BCUT2D eigenvalue weighted by Crippen LogP contribution is -2.45. The Morgan fingerprint density at radius 3 is 1.89 bits per heavy atom. The molecule has 0 aromatic heterocycles. The first-order valence-corrected chi connectivity index (χ1v) is 11.1. The Hall–Kier alpha value is -2.99. The quantitative estimate of drug-likeness (QED) is 0.360. The van der Waals surface area contributed by atoms with Crippen LogP contribution in [0.1, 0.15) is 66.6 Å². The van der Waals surface area contributed by atoms with E-state index in [1.165, 1.54) is 6.92 Å². The summed E-state index contributed by atoms with van der Waals surface area (Å²) in [6.07, 6.45) is -19.1. The smallest absolute Gasteiger partial charge is 0.416 e. The van der Waals surface area contributed by atoms with Crippen molar-refractivity contribution in [3.05, 3.63) is 64.2 Å². The number of anilines is 1. The summed E-state index contributed by atoms with van der Waals surface area (Å²) in [6, 6.07) is 1.55. The maximum absolute atomic E-state index is 15.9. The first-order chi connectivity index (χ1) is 17.0. The third-order valence-corrected chi connectivity index (χ3v) is 6.12. The predicted molar refractivity (Wildman–Crippen MR) is 113 cm³/mol. The van der Waals surface area contributed by atoms with Gasteiger partial charge in [-0.1, -0.05) is 6.92 Å². The van der Waals surface area contributed by atoms with Gasteiger partial charge in [0.25, 0.3) is 0 Å². The molecule has 3 nitrogen and oxygen atoms in total. The van der Waals surface area contributed by atoms with Gasteiger partial charge in [-0.2, -0.15) is 39.5 Å². The van der Waals surface area contributed by atoms with Crippen molar-refractivity contribution >= 4 is 11.8 Å². The number of hydrogen-bond donors (Lipinski definition) is 0. The van der Waals surface area contributed by atoms with Crippen LogP contribution < -0.4 is 4.90 Å². The van der Waals surface area contributed by atoms with E-state index < -0.39 is 65.0 Å². The third kappa shape index (κ3) is 5.96. The summed E-state index contributed by atoms with van der Waals surface area (Å²) in [4.78, 5) is 13.6. The van der Waals surface area contributed by atoms with Gasteiger partial charge in [0.05, 0.1) is 29.0 Å². The Morgan fingerprint density at radius 2 is 1.43 bits per heavy atom. The number of ether oxygens (including phenoxy) is 1. The highest BCUT2D eigenvalue weighted by Crippen LogP contribution is 2.50. The van der Waals surface area contributed by atoms with Crippen molar-refractivity contribution in [2.24, 2.45) is 0 Å². The zero-order chi connectivity index (χ0) is 27.9. The molecule has 0 saturated carbocycles. The SMILES string of the molecule is CCOC(=O)N1c2ccc(C(F)(F)F)cc2[C@H]([C@H](F)c2cc(C(F)(F)F)cc(C(F)(F)F)c2)CC1CC. The molecule has 1 unspecified atom stereocenters. The minimum Gasteiger partial charge on any atom is -0.449 e. The van der Waals surface area contributed by atoms with Crippen molar-refractivity contribution < 1.29 is 53.4 Å². The van der Waals surface area contributed by atoms with Gasteiger partial charge in [0.1, 0.15) is 6.17 Å². The fourth-order valence-corrected chi connectivity index (χ4v) is 4.41. The molecule has 0 radical (unpaired) electrons. The molecular weight excluding hydrogens is 524 g/mol. The van der Waals surface area contributed by atoms with E-state index in [0.29, 0.717) is 12.1 Å². The average Bonchev–Trinajstić information content (AvgIpc) is 2.80. The van der Waals surface area contributed by atoms with E-state index in [4.69, 9.17) is 4.74 Å². The average molecular weight is 545 g/mol. The maximum Gasteiger partial charge on any atom is 0.416 e. The van der Waals surface area contributed by atoms with Crippen LogP contribution in [-0.2, 0) is 23.3 Å². The lowest BCUT2D eigenvalue weighted by atomic mass is 9.79. The van der Waals surface area contributed by atoms with Gasteiger partial charge >= 0.3 is 24.6 Å². The highest BCUT2D eigenvalue weighted by Gasteiger charge is 2.44. The molecule has 0 bridgehead atoms. The normalized spacial score (nSPS) is 19.4. The number of fused-ring (bicyclic) bond motifs is 1. The number of carbonyl (C=O) groups is 1. The summed E-state index contributed by atoms with van der Waals surface area (Å²) in [5.41, 5.74) is -6.26. The number of rotatable bonds is 4. The first-order valence-electron chi connectivity index (χ1n) is 11.1. The highest BCUT2D eigenvalue weighted by atomic mass is 19.4. The summed E-state index contributed by atoms with van der Waals surface area (Å²) in [7, 11) is 0. The molecule has 1 aliphatic heterocycles. The summed E-state index contributed by atoms with van der Waals surface area (Å²) < 4.78 is 141. The van der Waals surface area contributed by atoms with Gasteiger partial charge in [-0.25, -0.2) is 9.18 Å². The largest absolute Gasteiger partial charge is 0.449 e. The maximum atomic E-state index is 15.9. The molecule has 0 spiro atoms. The molecule has 1 aliphatic rings. The second-order valence-electron chi connectivity index (χ2n) is 8.49. The standard InChI is InChI=1S/C24H21F10NO2/c1-3-16-11-18(20(25)12-7-14(23(29,30)31)9-15(8-12)24(32,33)34)17-10-13(22(26,27)28)5-6-19(17)35(16)21(36)37-4-2/h5-10,16,18,20H,3-4,11H2,1-2H3/t16?,18-,20-/m1/s1. The fraction of sp³-hybridized carbons (Fsp3) is 0.458. The molecule has 0 fully saturated rings. The molecule has 0 N–H and O–H groups in total. The zero-order valence-corrected chi connectivity index (χ0v) is 19.4. The lowest BCUT2D eigenvalue weighted by molar-refractivity contribution is -0.143. The van der Waals surface area contributed by atoms with Gasteiger partial charge in [0.2, 0.25) is 0 Å². The van der Waals surface area contributed by atoms with Crippen LogP contribution in [0.4, 0.5) is 54.4 Å². The summed E-state index contributed by atoms with van der Waals surface area (Å²) in [5, 5.41) is 0. The van der Waals surface area contributed by atoms with E-state index >= 15 is 4.39 Å². The molecule has 1 heterocycles. The van der Waals surface area contributed by atoms with Crippen molar-refractivity contribution in [1.82, 2.24) is 0 Å². The number of halogens is 10. The summed E-state index contributed by atoms with van der Waals surface area (Å²) in [6.45, 7) is 2.99. The molecule has 3 rings (SSSR count). The Morgan fingerprint density at radius 1 is 0.892 bits per heavy atom. The van der Waals surface area contributed by atoms with Crippen molar-refractivity contribution in [2.45, 2.75) is 63.3 Å². The molecule has 0 aliphatic carbocycles. The van der Waals surface area contributed by atoms with Crippen LogP contribution in [-0.4, -0.2) is 18.7 Å². The van der Waals surface area contributed by atoms with Gasteiger partial charge in [-0.05, 0) is 67.3 Å². The second-order valence-corrected chi connectivity index (χ2v) is 8.49. The van der Waals surface area contributed by atoms with Gasteiger partial charge in [0.15, 0.2) is 0 Å². The summed E-state index contributed by atoms with van der Waals surface area (Å²) >= 11 is 0. The Labute approximate surface area is 205 Å². The minimum absolute atomic E-state index is 0.0820. The number of amides is 1.